The van der Waals surface area contributed by atoms with Gasteiger partial charge in [0.25, 0.3) is 0 Å². The Kier molecular flexibility index (Phi) is 7.20. The number of allylic oxidation sites excluding steroid dienone is 4. The maximum absolute atomic E-state index is 5.58. The summed E-state index contributed by atoms with van der Waals surface area (Å²) < 4.78 is 5.58. The van der Waals surface area contributed by atoms with Crippen LogP contribution in [0.1, 0.15) is 12.0 Å². The monoisotopic (exact) mass is 419 g/mol. The van der Waals surface area contributed by atoms with E-state index in [1.807, 2.05) is 0 Å². The molecule has 1 aliphatic carbocycles. The Morgan fingerprint density at radius 1 is 1.04 bits per heavy atom. The minimum atomic E-state index is 0. The predicted molar refractivity (Wildman–Crippen MR) is 85.3 cm³/mol. The molecule has 3 aromatic rings. The Hall–Kier alpha value is -0.947. The van der Waals surface area contributed by atoms with E-state index in [2.05, 4.69) is 60.7 Å². The van der Waals surface area contributed by atoms with Crippen molar-refractivity contribution in [2.24, 2.45) is 0 Å². The molecule has 1 aliphatic rings. The van der Waals surface area contributed by atoms with Crippen molar-refractivity contribution in [3.8, 4) is 5.75 Å². The van der Waals surface area contributed by atoms with Crippen LogP contribution in [-0.4, -0.2) is 7.11 Å². The van der Waals surface area contributed by atoms with E-state index >= 15 is 0 Å². The Bertz CT molecular complexity index is 878. The summed E-state index contributed by atoms with van der Waals surface area (Å²) in [6.07, 6.45) is 7.56. The van der Waals surface area contributed by atoms with Crippen LogP contribution in [0.4, 0.5) is 0 Å². The largest absolute Gasteiger partial charge is 3.00 e. The van der Waals surface area contributed by atoms with Crippen molar-refractivity contribution in [2.75, 3.05) is 7.11 Å². The fraction of sp³-hybridized carbons (Fsp3) is 0.105. The molecular formula is C19H15Cl2OZr. The zero-order chi connectivity index (χ0) is 13.5. The number of methoxy groups -OCH3 is 1. The normalized spacial score (nSPS) is 12.3. The summed E-state index contributed by atoms with van der Waals surface area (Å²) in [6.45, 7) is 0. The van der Waals surface area contributed by atoms with Crippen LogP contribution in [0.3, 0.4) is 0 Å². The summed E-state index contributed by atoms with van der Waals surface area (Å²) in [6, 6.07) is 15.1. The summed E-state index contributed by atoms with van der Waals surface area (Å²) in [7, 11) is 1.74. The van der Waals surface area contributed by atoms with Gasteiger partial charge in [-0.1, -0.05) is 59.0 Å². The molecule has 0 amide bonds. The number of rotatable bonds is 2. The molecule has 0 bridgehead atoms. The number of fused-ring (bicyclic) bond motifs is 3. The SMILES string of the molecule is COc1ccc(C2=CC=CC2)c2[cH-]c3ccccc3c12.[Cl-].[Cl-].[Zr+3]. The van der Waals surface area contributed by atoms with Crippen LogP contribution < -0.4 is 29.6 Å². The van der Waals surface area contributed by atoms with Gasteiger partial charge in [0.1, 0.15) is 0 Å². The third-order valence-corrected chi connectivity index (χ3v) is 4.07. The molecule has 0 spiro atoms. The maximum Gasteiger partial charge on any atom is 3.00 e. The number of halogens is 2. The van der Waals surface area contributed by atoms with Crippen molar-refractivity contribution in [2.45, 2.75) is 6.42 Å². The first kappa shape index (κ1) is 20.1. The topological polar surface area (TPSA) is 9.23 Å². The Morgan fingerprint density at radius 3 is 2.52 bits per heavy atom. The van der Waals surface area contributed by atoms with E-state index in [1.165, 1.54) is 32.7 Å². The average molecular weight is 421 g/mol. The zero-order valence-corrected chi connectivity index (χ0v) is 16.6. The van der Waals surface area contributed by atoms with Gasteiger partial charge in [-0.3, -0.25) is 0 Å². The first-order valence-electron chi connectivity index (χ1n) is 6.89. The van der Waals surface area contributed by atoms with Gasteiger partial charge in [0.05, 0.1) is 12.9 Å². The van der Waals surface area contributed by atoms with E-state index in [9.17, 15) is 0 Å². The van der Waals surface area contributed by atoms with Crippen molar-refractivity contribution in [3.63, 3.8) is 0 Å². The molecule has 115 valence electrons. The van der Waals surface area contributed by atoms with E-state index in [4.69, 9.17) is 4.74 Å². The fourth-order valence-corrected chi connectivity index (χ4v) is 3.13. The van der Waals surface area contributed by atoms with Crippen LogP contribution in [0.5, 0.6) is 5.75 Å². The molecule has 0 aromatic heterocycles. The van der Waals surface area contributed by atoms with Crippen molar-refractivity contribution in [1.29, 1.82) is 0 Å². The molecule has 0 heterocycles. The summed E-state index contributed by atoms with van der Waals surface area (Å²) in [5.74, 6) is 0.955. The van der Waals surface area contributed by atoms with Gasteiger partial charge >= 0.3 is 26.2 Å². The molecule has 0 saturated heterocycles. The Balaban J connectivity index is 0.000000882. The van der Waals surface area contributed by atoms with Crippen molar-refractivity contribution >= 4 is 27.1 Å². The number of hydrogen-bond acceptors (Lipinski definition) is 1. The summed E-state index contributed by atoms with van der Waals surface area (Å²) in [5, 5.41) is 5.07. The molecule has 0 N–H and O–H groups in total. The summed E-state index contributed by atoms with van der Waals surface area (Å²) in [4.78, 5) is 0. The van der Waals surface area contributed by atoms with Gasteiger partial charge in [-0.05, 0) is 12.5 Å². The van der Waals surface area contributed by atoms with E-state index in [0.29, 0.717) is 0 Å². The molecule has 0 fully saturated rings. The molecule has 23 heavy (non-hydrogen) atoms. The quantitative estimate of drug-likeness (QED) is 0.486. The first-order valence-corrected chi connectivity index (χ1v) is 6.89. The summed E-state index contributed by atoms with van der Waals surface area (Å²) in [5.41, 5.74) is 2.70. The zero-order valence-electron chi connectivity index (χ0n) is 12.6. The standard InChI is InChI=1S/C19H15O.2ClH.Zr/c1-20-18-11-10-15(13-6-2-3-7-13)17-12-14-8-4-5-9-16(14)19(17)18;;;/h2-6,8-12H,7H2,1H3;2*1H;/q-1;;;+3/p-2. The second-order valence-corrected chi connectivity index (χ2v) is 5.16. The predicted octanol–water partition coefficient (Wildman–Crippen LogP) is -0.931. The summed E-state index contributed by atoms with van der Waals surface area (Å²) >= 11 is 0. The van der Waals surface area contributed by atoms with Gasteiger partial charge in [0.15, 0.2) is 0 Å². The van der Waals surface area contributed by atoms with Crippen molar-refractivity contribution in [1.82, 2.24) is 0 Å². The van der Waals surface area contributed by atoms with E-state index in [0.717, 1.165) is 12.2 Å². The molecule has 0 saturated carbocycles. The molecule has 1 radical (unpaired) electrons. The third kappa shape index (κ3) is 3.31. The van der Waals surface area contributed by atoms with Crippen molar-refractivity contribution < 1.29 is 55.8 Å². The van der Waals surface area contributed by atoms with E-state index < -0.39 is 0 Å². The van der Waals surface area contributed by atoms with Gasteiger partial charge in [-0.2, -0.15) is 0 Å². The molecule has 0 atom stereocenters. The van der Waals surface area contributed by atoms with Gasteiger partial charge in [0.2, 0.25) is 0 Å². The fourth-order valence-electron chi connectivity index (χ4n) is 3.13. The van der Waals surface area contributed by atoms with E-state index in [1.54, 1.807) is 7.11 Å². The van der Waals surface area contributed by atoms with Crippen LogP contribution in [0.25, 0.3) is 27.1 Å². The number of hydrogen-bond donors (Lipinski definition) is 0. The molecule has 4 heteroatoms. The van der Waals surface area contributed by atoms with E-state index in [-0.39, 0.29) is 51.0 Å². The molecule has 0 aliphatic heterocycles. The molecule has 3 aromatic carbocycles. The average Bonchev–Trinajstić information content (AvgIpc) is 3.13. The first-order chi connectivity index (χ1) is 9.88. The van der Waals surface area contributed by atoms with Crippen LogP contribution in [-0.2, 0) is 26.2 Å². The van der Waals surface area contributed by atoms with Crippen LogP contribution in [0.15, 0.2) is 60.7 Å². The van der Waals surface area contributed by atoms with Crippen LogP contribution in [0, 0.1) is 0 Å². The van der Waals surface area contributed by atoms with Crippen LogP contribution >= 0.6 is 0 Å². The Morgan fingerprint density at radius 2 is 1.83 bits per heavy atom. The maximum atomic E-state index is 5.58. The number of ether oxygens (including phenoxy) is 1. The van der Waals surface area contributed by atoms with Gasteiger partial charge in [0, 0.05) is 0 Å². The molecule has 4 rings (SSSR count). The molecule has 1 nitrogen and oxygen atoms in total. The number of benzene rings is 2. The second kappa shape index (κ2) is 8.24. The van der Waals surface area contributed by atoms with Crippen molar-refractivity contribution in [3.05, 3.63) is 66.3 Å². The Labute approximate surface area is 167 Å². The third-order valence-electron chi connectivity index (χ3n) is 4.07. The van der Waals surface area contributed by atoms with Gasteiger partial charge in [-0.15, -0.1) is 28.3 Å². The molecule has 0 unspecified atom stereocenters. The van der Waals surface area contributed by atoms with Gasteiger partial charge < -0.3 is 29.6 Å². The van der Waals surface area contributed by atoms with Crippen LogP contribution in [0.2, 0.25) is 0 Å². The minimum absolute atomic E-state index is 0. The van der Waals surface area contributed by atoms with Gasteiger partial charge in [-0.25, -0.2) is 0 Å². The smallest absolute Gasteiger partial charge is 1.00 e. The second-order valence-electron chi connectivity index (χ2n) is 5.16. The minimum Gasteiger partial charge on any atom is -1.00 e. The molecular weight excluding hydrogens is 406 g/mol.